The monoisotopic (exact) mass is 257 g/mol. The van der Waals surface area contributed by atoms with Crippen LogP contribution in [0.4, 0.5) is 0 Å². The Morgan fingerprint density at radius 3 is 2.88 bits per heavy atom. The Kier molecular flexibility index (Phi) is 3.72. The molecule has 1 saturated heterocycles. The van der Waals surface area contributed by atoms with Crippen LogP contribution in [0.2, 0.25) is 10.0 Å². The van der Waals surface area contributed by atoms with Crippen molar-refractivity contribution >= 4 is 29.1 Å². The Morgan fingerprint density at radius 2 is 2.19 bits per heavy atom. The minimum absolute atomic E-state index is 0.0485. The van der Waals surface area contributed by atoms with Gasteiger partial charge in [-0.25, -0.2) is 0 Å². The number of carbonyl (C=O) groups excluding carboxylic acids is 1. The van der Waals surface area contributed by atoms with Gasteiger partial charge in [-0.05, 0) is 37.0 Å². The molecule has 0 radical (unpaired) electrons. The third kappa shape index (κ3) is 2.69. The van der Waals surface area contributed by atoms with Crippen LogP contribution >= 0.6 is 23.2 Å². The molecule has 0 aliphatic carbocycles. The van der Waals surface area contributed by atoms with Crippen LogP contribution in [0.3, 0.4) is 0 Å². The molecule has 1 amide bonds. The largest absolute Gasteiger partial charge is 0.356 e. The van der Waals surface area contributed by atoms with E-state index in [9.17, 15) is 4.79 Å². The molecule has 1 unspecified atom stereocenters. The summed E-state index contributed by atoms with van der Waals surface area (Å²) < 4.78 is 0. The summed E-state index contributed by atoms with van der Waals surface area (Å²) in [5, 5.41) is 4.15. The van der Waals surface area contributed by atoms with E-state index in [1.54, 1.807) is 6.07 Å². The van der Waals surface area contributed by atoms with Crippen molar-refractivity contribution in [3.8, 4) is 0 Å². The van der Waals surface area contributed by atoms with E-state index in [2.05, 4.69) is 5.32 Å². The first-order chi connectivity index (χ1) is 7.66. The maximum atomic E-state index is 11.6. The van der Waals surface area contributed by atoms with Gasteiger partial charge < -0.3 is 5.32 Å². The van der Waals surface area contributed by atoms with Gasteiger partial charge in [-0.1, -0.05) is 29.3 Å². The fraction of sp³-hybridized carbons (Fsp3) is 0.417. The van der Waals surface area contributed by atoms with Crippen LogP contribution in [0.15, 0.2) is 18.2 Å². The fourth-order valence-corrected chi connectivity index (χ4v) is 2.47. The lowest BCUT2D eigenvalue weighted by atomic mass is 9.91. The van der Waals surface area contributed by atoms with Gasteiger partial charge in [0.25, 0.3) is 0 Å². The summed E-state index contributed by atoms with van der Waals surface area (Å²) in [4.78, 5) is 11.6. The SMILES string of the molecule is O=C1NCCCC1Cc1ccc(Cl)cc1Cl. The standard InChI is InChI=1S/C12H13Cl2NO/c13-10-4-3-8(11(14)7-10)6-9-2-1-5-15-12(9)16/h3-4,7,9H,1-2,5-6H2,(H,15,16). The first-order valence-corrected chi connectivity index (χ1v) is 6.14. The zero-order valence-corrected chi connectivity index (χ0v) is 10.3. The van der Waals surface area contributed by atoms with Gasteiger partial charge in [0.2, 0.25) is 5.91 Å². The summed E-state index contributed by atoms with van der Waals surface area (Å²) in [6.07, 6.45) is 2.67. The molecule has 1 N–H and O–H groups in total. The number of rotatable bonds is 2. The van der Waals surface area contributed by atoms with Crippen LogP contribution in [0.5, 0.6) is 0 Å². The molecule has 1 aromatic carbocycles. The molecule has 2 nitrogen and oxygen atoms in total. The third-order valence-corrected chi connectivity index (χ3v) is 3.47. The van der Waals surface area contributed by atoms with Crippen molar-refractivity contribution in [2.45, 2.75) is 19.3 Å². The first kappa shape index (κ1) is 11.7. The van der Waals surface area contributed by atoms with Crippen LogP contribution in [0, 0.1) is 5.92 Å². The van der Waals surface area contributed by atoms with E-state index in [0.717, 1.165) is 24.9 Å². The summed E-state index contributed by atoms with van der Waals surface area (Å²) in [5.74, 6) is 0.185. The van der Waals surface area contributed by atoms with Crippen LogP contribution in [-0.2, 0) is 11.2 Å². The summed E-state index contributed by atoms with van der Waals surface area (Å²) >= 11 is 11.9. The molecule has 0 bridgehead atoms. The van der Waals surface area contributed by atoms with E-state index in [0.29, 0.717) is 16.5 Å². The number of hydrogen-bond acceptors (Lipinski definition) is 1. The first-order valence-electron chi connectivity index (χ1n) is 5.38. The average molecular weight is 258 g/mol. The maximum absolute atomic E-state index is 11.6. The lowest BCUT2D eigenvalue weighted by Crippen LogP contribution is -2.37. The van der Waals surface area contributed by atoms with Gasteiger partial charge in [0, 0.05) is 22.5 Å². The number of piperidine rings is 1. The molecule has 1 aromatic rings. The molecule has 16 heavy (non-hydrogen) atoms. The maximum Gasteiger partial charge on any atom is 0.223 e. The summed E-state index contributed by atoms with van der Waals surface area (Å²) in [6, 6.07) is 5.43. The number of halogens is 2. The highest BCUT2D eigenvalue weighted by Gasteiger charge is 2.22. The molecule has 1 aliphatic rings. The molecule has 0 spiro atoms. The second-order valence-corrected chi connectivity index (χ2v) is 4.91. The lowest BCUT2D eigenvalue weighted by molar-refractivity contribution is -0.126. The predicted molar refractivity (Wildman–Crippen MR) is 65.9 cm³/mol. The molecule has 1 fully saturated rings. The van der Waals surface area contributed by atoms with E-state index in [1.165, 1.54) is 0 Å². The zero-order valence-electron chi connectivity index (χ0n) is 8.80. The number of nitrogens with one attached hydrogen (secondary N) is 1. The molecule has 0 aromatic heterocycles. The van der Waals surface area contributed by atoms with Gasteiger partial charge in [-0.3, -0.25) is 4.79 Å². The van der Waals surface area contributed by atoms with Gasteiger partial charge in [0.15, 0.2) is 0 Å². The van der Waals surface area contributed by atoms with E-state index in [-0.39, 0.29) is 11.8 Å². The molecule has 86 valence electrons. The predicted octanol–water partition coefficient (Wildman–Crippen LogP) is 3.06. The van der Waals surface area contributed by atoms with Crippen molar-refractivity contribution in [1.82, 2.24) is 5.32 Å². The van der Waals surface area contributed by atoms with Crippen molar-refractivity contribution in [3.63, 3.8) is 0 Å². The van der Waals surface area contributed by atoms with Crippen LogP contribution in [0.1, 0.15) is 18.4 Å². The third-order valence-electron chi connectivity index (χ3n) is 2.88. The molecular weight excluding hydrogens is 245 g/mol. The van der Waals surface area contributed by atoms with E-state index in [4.69, 9.17) is 23.2 Å². The van der Waals surface area contributed by atoms with Gasteiger partial charge in [-0.2, -0.15) is 0 Å². The molecule has 4 heteroatoms. The molecule has 1 aliphatic heterocycles. The van der Waals surface area contributed by atoms with E-state index >= 15 is 0 Å². The van der Waals surface area contributed by atoms with Crippen molar-refractivity contribution in [1.29, 1.82) is 0 Å². The van der Waals surface area contributed by atoms with Crippen LogP contribution in [0.25, 0.3) is 0 Å². The quantitative estimate of drug-likeness (QED) is 0.867. The van der Waals surface area contributed by atoms with Gasteiger partial charge >= 0.3 is 0 Å². The fourth-order valence-electron chi connectivity index (χ4n) is 1.98. The van der Waals surface area contributed by atoms with Crippen LogP contribution in [-0.4, -0.2) is 12.5 Å². The Bertz CT molecular complexity index is 406. The summed E-state index contributed by atoms with van der Waals surface area (Å²) in [6.45, 7) is 0.795. The Morgan fingerprint density at radius 1 is 1.38 bits per heavy atom. The van der Waals surface area contributed by atoms with E-state index < -0.39 is 0 Å². The van der Waals surface area contributed by atoms with Crippen molar-refractivity contribution in [2.75, 3.05) is 6.54 Å². The van der Waals surface area contributed by atoms with Crippen molar-refractivity contribution < 1.29 is 4.79 Å². The van der Waals surface area contributed by atoms with Gasteiger partial charge in [0.05, 0.1) is 0 Å². The normalized spacial score (nSPS) is 20.6. The topological polar surface area (TPSA) is 29.1 Å². The minimum atomic E-state index is 0.0485. The van der Waals surface area contributed by atoms with Crippen LogP contribution < -0.4 is 5.32 Å². The van der Waals surface area contributed by atoms with Crippen molar-refractivity contribution in [3.05, 3.63) is 33.8 Å². The number of hydrogen-bond donors (Lipinski definition) is 1. The molecule has 1 heterocycles. The summed E-state index contributed by atoms with van der Waals surface area (Å²) in [5.41, 5.74) is 0.994. The molecule has 1 atom stereocenters. The second-order valence-electron chi connectivity index (χ2n) is 4.07. The smallest absolute Gasteiger partial charge is 0.223 e. The lowest BCUT2D eigenvalue weighted by Gasteiger charge is -2.22. The highest BCUT2D eigenvalue weighted by atomic mass is 35.5. The molecule has 2 rings (SSSR count). The minimum Gasteiger partial charge on any atom is -0.356 e. The zero-order chi connectivity index (χ0) is 11.5. The number of amides is 1. The summed E-state index contributed by atoms with van der Waals surface area (Å²) in [7, 11) is 0. The number of carbonyl (C=O) groups is 1. The molecule has 0 saturated carbocycles. The number of benzene rings is 1. The van der Waals surface area contributed by atoms with Gasteiger partial charge in [0.1, 0.15) is 0 Å². The Balaban J connectivity index is 2.10. The van der Waals surface area contributed by atoms with E-state index in [1.807, 2.05) is 12.1 Å². The second kappa shape index (κ2) is 5.07. The average Bonchev–Trinajstić information content (AvgIpc) is 2.25. The molecular formula is C12H13Cl2NO. The Hall–Kier alpha value is -0.730. The Labute approximate surface area is 105 Å². The van der Waals surface area contributed by atoms with Gasteiger partial charge in [-0.15, -0.1) is 0 Å². The van der Waals surface area contributed by atoms with Crippen molar-refractivity contribution in [2.24, 2.45) is 5.92 Å². The highest BCUT2D eigenvalue weighted by molar-refractivity contribution is 6.35. The highest BCUT2D eigenvalue weighted by Crippen LogP contribution is 2.25.